The molecule has 13 heavy (non-hydrogen) atoms. The van der Waals surface area contributed by atoms with Gasteiger partial charge in [0, 0.05) is 0 Å². The summed E-state index contributed by atoms with van der Waals surface area (Å²) in [5.74, 6) is -0.125. The fourth-order valence-electron chi connectivity index (χ4n) is 1.41. The summed E-state index contributed by atoms with van der Waals surface area (Å²) >= 11 is 0. The molecular formula is C10H12FNO. The van der Waals surface area contributed by atoms with Gasteiger partial charge in [0.2, 0.25) is 0 Å². The molecule has 1 aliphatic carbocycles. The molecule has 0 bridgehead atoms. The van der Waals surface area contributed by atoms with E-state index in [0.29, 0.717) is 11.5 Å². The highest BCUT2D eigenvalue weighted by Crippen LogP contribution is 2.41. The van der Waals surface area contributed by atoms with Crippen molar-refractivity contribution in [1.82, 2.24) is 0 Å². The number of rotatable bonds is 2. The van der Waals surface area contributed by atoms with Crippen LogP contribution in [0.15, 0.2) is 18.2 Å². The lowest BCUT2D eigenvalue weighted by Crippen LogP contribution is -2.01. The maximum absolute atomic E-state index is 13.0. The molecule has 0 heterocycles. The van der Waals surface area contributed by atoms with Crippen LogP contribution >= 0.6 is 0 Å². The molecule has 0 radical (unpaired) electrons. The first-order chi connectivity index (χ1) is 6.18. The van der Waals surface area contributed by atoms with E-state index in [4.69, 9.17) is 5.73 Å². The van der Waals surface area contributed by atoms with E-state index in [0.717, 1.165) is 12.8 Å². The molecule has 1 aromatic carbocycles. The van der Waals surface area contributed by atoms with E-state index in [9.17, 15) is 9.50 Å². The first kappa shape index (κ1) is 8.51. The summed E-state index contributed by atoms with van der Waals surface area (Å²) in [5.41, 5.74) is 6.09. The van der Waals surface area contributed by atoms with Crippen LogP contribution in [0.3, 0.4) is 0 Å². The SMILES string of the molecule is Nc1ccc(C(O)C2CC2)cc1F. The van der Waals surface area contributed by atoms with Crippen LogP contribution in [0, 0.1) is 11.7 Å². The maximum atomic E-state index is 13.0. The fourth-order valence-corrected chi connectivity index (χ4v) is 1.41. The van der Waals surface area contributed by atoms with Gasteiger partial charge in [-0.1, -0.05) is 6.07 Å². The van der Waals surface area contributed by atoms with Gasteiger partial charge in [0.25, 0.3) is 0 Å². The second-order valence-corrected chi connectivity index (χ2v) is 3.56. The lowest BCUT2D eigenvalue weighted by Gasteiger charge is -2.09. The normalized spacial score (nSPS) is 18.6. The summed E-state index contributed by atoms with van der Waals surface area (Å²) in [4.78, 5) is 0. The predicted octanol–water partition coefficient (Wildman–Crippen LogP) is 1.85. The Hall–Kier alpha value is -1.09. The summed E-state index contributed by atoms with van der Waals surface area (Å²) in [6, 6.07) is 4.50. The van der Waals surface area contributed by atoms with E-state index in [-0.39, 0.29) is 5.69 Å². The number of nitrogens with two attached hydrogens (primary N) is 1. The molecule has 1 saturated carbocycles. The van der Waals surface area contributed by atoms with E-state index in [2.05, 4.69) is 0 Å². The van der Waals surface area contributed by atoms with Gasteiger partial charge in [-0.15, -0.1) is 0 Å². The van der Waals surface area contributed by atoms with Crippen LogP contribution in [0.25, 0.3) is 0 Å². The molecule has 2 rings (SSSR count). The summed E-state index contributed by atoms with van der Waals surface area (Å²) in [6.07, 6.45) is 1.55. The second-order valence-electron chi connectivity index (χ2n) is 3.56. The summed E-state index contributed by atoms with van der Waals surface area (Å²) in [7, 11) is 0. The fraction of sp³-hybridized carbons (Fsp3) is 0.400. The molecule has 0 aromatic heterocycles. The third kappa shape index (κ3) is 1.65. The third-order valence-electron chi connectivity index (χ3n) is 2.43. The monoisotopic (exact) mass is 181 g/mol. The van der Waals surface area contributed by atoms with Crippen LogP contribution in [0.2, 0.25) is 0 Å². The van der Waals surface area contributed by atoms with Crippen molar-refractivity contribution in [3.8, 4) is 0 Å². The Balaban J connectivity index is 2.24. The average Bonchev–Trinajstić information content (AvgIpc) is 2.91. The van der Waals surface area contributed by atoms with Gasteiger partial charge >= 0.3 is 0 Å². The Bertz CT molecular complexity index is 323. The molecule has 0 aliphatic heterocycles. The summed E-state index contributed by atoms with van der Waals surface area (Å²) in [5, 5.41) is 9.67. The van der Waals surface area contributed by atoms with Crippen molar-refractivity contribution in [3.05, 3.63) is 29.6 Å². The van der Waals surface area contributed by atoms with E-state index < -0.39 is 11.9 Å². The maximum Gasteiger partial charge on any atom is 0.146 e. The third-order valence-corrected chi connectivity index (χ3v) is 2.43. The molecule has 3 heteroatoms. The molecule has 70 valence electrons. The number of nitrogen functional groups attached to an aromatic ring is 1. The topological polar surface area (TPSA) is 46.2 Å². The number of aliphatic hydroxyl groups excluding tert-OH is 1. The van der Waals surface area contributed by atoms with E-state index in [1.807, 2.05) is 0 Å². The van der Waals surface area contributed by atoms with Crippen LogP contribution < -0.4 is 5.73 Å². The molecule has 1 aromatic rings. The predicted molar refractivity (Wildman–Crippen MR) is 48.5 cm³/mol. The number of hydrogen-bond donors (Lipinski definition) is 2. The van der Waals surface area contributed by atoms with Crippen molar-refractivity contribution in [2.75, 3.05) is 5.73 Å². The summed E-state index contributed by atoms with van der Waals surface area (Å²) < 4.78 is 13.0. The second kappa shape index (κ2) is 3.00. The van der Waals surface area contributed by atoms with E-state index >= 15 is 0 Å². The van der Waals surface area contributed by atoms with Gasteiger partial charge in [0.15, 0.2) is 0 Å². The molecule has 1 aliphatic rings. The van der Waals surface area contributed by atoms with Gasteiger partial charge in [-0.25, -0.2) is 4.39 Å². The van der Waals surface area contributed by atoms with Gasteiger partial charge < -0.3 is 10.8 Å². The number of anilines is 1. The Morgan fingerprint density at radius 1 is 1.46 bits per heavy atom. The largest absolute Gasteiger partial charge is 0.396 e. The number of halogens is 1. The number of hydrogen-bond acceptors (Lipinski definition) is 2. The first-order valence-electron chi connectivity index (χ1n) is 4.41. The van der Waals surface area contributed by atoms with Crippen molar-refractivity contribution >= 4 is 5.69 Å². The molecule has 1 unspecified atom stereocenters. The van der Waals surface area contributed by atoms with Crippen molar-refractivity contribution < 1.29 is 9.50 Å². The molecule has 1 fully saturated rings. The summed E-state index contributed by atoms with van der Waals surface area (Å²) in [6.45, 7) is 0. The quantitative estimate of drug-likeness (QED) is 0.684. The first-order valence-corrected chi connectivity index (χ1v) is 4.41. The van der Waals surface area contributed by atoms with E-state index in [1.54, 1.807) is 6.07 Å². The smallest absolute Gasteiger partial charge is 0.146 e. The molecular weight excluding hydrogens is 169 g/mol. The average molecular weight is 181 g/mol. The molecule has 1 atom stereocenters. The Labute approximate surface area is 76.2 Å². The van der Waals surface area contributed by atoms with Crippen molar-refractivity contribution in [2.45, 2.75) is 18.9 Å². The zero-order chi connectivity index (χ0) is 9.42. The van der Waals surface area contributed by atoms with Crippen molar-refractivity contribution in [2.24, 2.45) is 5.92 Å². The Morgan fingerprint density at radius 2 is 2.15 bits per heavy atom. The van der Waals surface area contributed by atoms with Crippen molar-refractivity contribution in [3.63, 3.8) is 0 Å². The van der Waals surface area contributed by atoms with Gasteiger partial charge in [0.05, 0.1) is 11.8 Å². The van der Waals surface area contributed by atoms with Crippen molar-refractivity contribution in [1.29, 1.82) is 0 Å². The van der Waals surface area contributed by atoms with Crippen LogP contribution in [-0.2, 0) is 0 Å². The lowest BCUT2D eigenvalue weighted by atomic mass is 10.1. The van der Waals surface area contributed by atoms with Gasteiger partial charge in [-0.3, -0.25) is 0 Å². The zero-order valence-electron chi connectivity index (χ0n) is 7.20. The molecule has 0 amide bonds. The van der Waals surface area contributed by atoms with Crippen LogP contribution in [-0.4, -0.2) is 5.11 Å². The van der Waals surface area contributed by atoms with Crippen LogP contribution in [0.1, 0.15) is 24.5 Å². The zero-order valence-corrected chi connectivity index (χ0v) is 7.20. The highest BCUT2D eigenvalue weighted by Gasteiger charge is 2.30. The minimum atomic E-state index is -0.518. The van der Waals surface area contributed by atoms with Crippen LogP contribution in [0.4, 0.5) is 10.1 Å². The highest BCUT2D eigenvalue weighted by molar-refractivity contribution is 5.42. The Morgan fingerprint density at radius 3 is 2.69 bits per heavy atom. The Kier molecular flexibility index (Phi) is 1.96. The molecule has 3 N–H and O–H groups in total. The lowest BCUT2D eigenvalue weighted by molar-refractivity contribution is 0.153. The molecule has 2 nitrogen and oxygen atoms in total. The van der Waals surface area contributed by atoms with Gasteiger partial charge in [-0.2, -0.15) is 0 Å². The highest BCUT2D eigenvalue weighted by atomic mass is 19.1. The number of benzene rings is 1. The standard InChI is InChI=1S/C10H12FNO/c11-8-5-7(3-4-9(8)12)10(13)6-1-2-6/h3-6,10,13H,1-2,12H2. The van der Waals surface area contributed by atoms with Crippen LogP contribution in [0.5, 0.6) is 0 Å². The minimum absolute atomic E-state index is 0.131. The minimum Gasteiger partial charge on any atom is -0.396 e. The molecule has 0 saturated heterocycles. The van der Waals surface area contributed by atoms with Gasteiger partial charge in [0.1, 0.15) is 5.82 Å². The number of aliphatic hydroxyl groups is 1. The van der Waals surface area contributed by atoms with Gasteiger partial charge in [-0.05, 0) is 36.5 Å². The van der Waals surface area contributed by atoms with E-state index in [1.165, 1.54) is 12.1 Å². The molecule has 0 spiro atoms.